The summed E-state index contributed by atoms with van der Waals surface area (Å²) < 4.78 is 5.34. The molecule has 1 N–H and O–H groups in total. The van der Waals surface area contributed by atoms with Crippen LogP contribution in [0, 0.1) is 0 Å². The molecule has 1 heterocycles. The zero-order valence-corrected chi connectivity index (χ0v) is 19.6. The molecule has 1 saturated heterocycles. The van der Waals surface area contributed by atoms with Crippen molar-refractivity contribution in [3.63, 3.8) is 0 Å². The largest absolute Gasteiger partial charge is 0.497 e. The molecule has 0 spiro atoms. The van der Waals surface area contributed by atoms with Crippen LogP contribution in [0.1, 0.15) is 22.3 Å². The molecule has 3 aromatic carbocycles. The molecule has 3 aromatic rings. The van der Waals surface area contributed by atoms with Crippen LogP contribution in [-0.2, 0) is 6.54 Å². The van der Waals surface area contributed by atoms with Gasteiger partial charge in [0.25, 0.3) is 5.91 Å². The molecule has 0 atom stereocenters. The number of urea groups is 1. The van der Waals surface area contributed by atoms with Crippen LogP contribution in [0.5, 0.6) is 5.75 Å². The minimum absolute atomic E-state index is 0.139. The Labute approximate surface area is 202 Å². The first-order valence-electron chi connectivity index (χ1n) is 10.5. The second kappa shape index (κ2) is 10.1. The normalized spacial score (nSPS) is 13.7. The lowest BCUT2D eigenvalue weighted by molar-refractivity contribution is 0.102. The van der Waals surface area contributed by atoms with E-state index < -0.39 is 0 Å². The van der Waals surface area contributed by atoms with Gasteiger partial charge in [0.1, 0.15) is 5.75 Å². The van der Waals surface area contributed by atoms with Crippen molar-refractivity contribution in [2.75, 3.05) is 30.4 Å². The zero-order chi connectivity index (χ0) is 23.4. The average molecular weight is 484 g/mol. The Morgan fingerprint density at radius 3 is 2.61 bits per heavy atom. The number of hydrogen-bond acceptors (Lipinski definition) is 3. The maximum atomic E-state index is 13.4. The summed E-state index contributed by atoms with van der Waals surface area (Å²) in [6.07, 6.45) is 0.788. The van der Waals surface area contributed by atoms with E-state index in [2.05, 4.69) is 5.32 Å². The molecular formula is C25H23Cl2N3O3. The lowest BCUT2D eigenvalue weighted by Crippen LogP contribution is -2.49. The molecule has 0 aromatic heterocycles. The first-order chi connectivity index (χ1) is 16.0. The van der Waals surface area contributed by atoms with Gasteiger partial charge in [0.2, 0.25) is 0 Å². The molecule has 33 heavy (non-hydrogen) atoms. The Balaban J connectivity index is 1.61. The third-order valence-electron chi connectivity index (χ3n) is 5.43. The molecule has 6 nitrogen and oxygen atoms in total. The van der Waals surface area contributed by atoms with Gasteiger partial charge in [-0.2, -0.15) is 0 Å². The number of nitrogens with one attached hydrogen (secondary N) is 1. The number of anilines is 2. The Kier molecular flexibility index (Phi) is 7.06. The van der Waals surface area contributed by atoms with Crippen molar-refractivity contribution < 1.29 is 14.3 Å². The van der Waals surface area contributed by atoms with Crippen LogP contribution in [0.25, 0.3) is 0 Å². The van der Waals surface area contributed by atoms with E-state index in [9.17, 15) is 9.59 Å². The van der Waals surface area contributed by atoms with Crippen LogP contribution in [0.4, 0.5) is 16.2 Å². The lowest BCUT2D eigenvalue weighted by atomic mass is 10.1. The van der Waals surface area contributed by atoms with Crippen molar-refractivity contribution in [1.82, 2.24) is 4.90 Å². The summed E-state index contributed by atoms with van der Waals surface area (Å²) >= 11 is 12.3. The van der Waals surface area contributed by atoms with Gasteiger partial charge in [0.05, 0.1) is 29.1 Å². The predicted molar refractivity (Wildman–Crippen MR) is 132 cm³/mol. The summed E-state index contributed by atoms with van der Waals surface area (Å²) in [6, 6.07) is 19.4. The Bertz CT molecular complexity index is 1190. The van der Waals surface area contributed by atoms with Crippen molar-refractivity contribution in [2.45, 2.75) is 13.0 Å². The molecule has 0 radical (unpaired) electrons. The minimum atomic E-state index is -0.365. The van der Waals surface area contributed by atoms with Crippen molar-refractivity contribution in [3.8, 4) is 5.75 Å². The fourth-order valence-corrected chi connectivity index (χ4v) is 4.25. The first-order valence-corrected chi connectivity index (χ1v) is 11.3. The number of amides is 3. The highest BCUT2D eigenvalue weighted by molar-refractivity contribution is 6.34. The monoisotopic (exact) mass is 483 g/mol. The number of halogens is 2. The summed E-state index contributed by atoms with van der Waals surface area (Å²) in [5.41, 5.74) is 2.37. The smallest absolute Gasteiger partial charge is 0.324 e. The molecule has 0 saturated carbocycles. The summed E-state index contributed by atoms with van der Waals surface area (Å²) in [5, 5.41) is 3.88. The van der Waals surface area contributed by atoms with Crippen LogP contribution < -0.4 is 15.0 Å². The van der Waals surface area contributed by atoms with Crippen LogP contribution in [0.2, 0.25) is 10.0 Å². The van der Waals surface area contributed by atoms with E-state index >= 15 is 0 Å². The standard InChI is InChI=1S/C25H23Cl2N3O3/c1-33-19-10-11-23(22(15-19)28-24(31)20-8-2-3-9-21(20)27)30-13-5-12-29(25(30)32)16-17-6-4-7-18(26)14-17/h2-4,6-11,14-15H,5,12-13,16H2,1H3,(H,28,31). The molecule has 8 heteroatoms. The number of hydrogen-bond donors (Lipinski definition) is 1. The van der Waals surface area contributed by atoms with Crippen molar-refractivity contribution in [1.29, 1.82) is 0 Å². The molecule has 1 fully saturated rings. The van der Waals surface area contributed by atoms with Gasteiger partial charge in [-0.25, -0.2) is 4.79 Å². The number of ether oxygens (including phenoxy) is 1. The second-order valence-electron chi connectivity index (χ2n) is 7.66. The maximum Gasteiger partial charge on any atom is 0.324 e. The fourth-order valence-electron chi connectivity index (χ4n) is 3.82. The van der Waals surface area contributed by atoms with Crippen LogP contribution in [-0.4, -0.2) is 37.0 Å². The molecule has 4 rings (SSSR count). The van der Waals surface area contributed by atoms with Gasteiger partial charge in [-0.05, 0) is 48.4 Å². The molecule has 170 valence electrons. The highest BCUT2D eigenvalue weighted by Gasteiger charge is 2.29. The molecular weight excluding hydrogens is 461 g/mol. The van der Waals surface area contributed by atoms with E-state index in [-0.39, 0.29) is 11.9 Å². The van der Waals surface area contributed by atoms with Crippen molar-refractivity contribution >= 4 is 46.5 Å². The highest BCUT2D eigenvalue weighted by atomic mass is 35.5. The van der Waals surface area contributed by atoms with E-state index in [1.54, 1.807) is 65.4 Å². The van der Waals surface area contributed by atoms with Crippen molar-refractivity contribution in [2.24, 2.45) is 0 Å². The van der Waals surface area contributed by atoms with E-state index in [0.717, 1.165) is 12.0 Å². The summed E-state index contributed by atoms with van der Waals surface area (Å²) in [5.74, 6) is 0.198. The number of carbonyl (C=O) groups excluding carboxylic acids is 2. The topological polar surface area (TPSA) is 61.9 Å². The minimum Gasteiger partial charge on any atom is -0.497 e. The van der Waals surface area contributed by atoms with Crippen molar-refractivity contribution in [3.05, 3.63) is 87.9 Å². The number of carbonyl (C=O) groups is 2. The lowest BCUT2D eigenvalue weighted by Gasteiger charge is -2.36. The number of benzene rings is 3. The maximum absolute atomic E-state index is 13.4. The van der Waals surface area contributed by atoms with Crippen LogP contribution in [0.3, 0.4) is 0 Å². The number of methoxy groups -OCH3 is 1. The van der Waals surface area contributed by atoms with E-state index in [0.29, 0.717) is 52.4 Å². The SMILES string of the molecule is COc1ccc(N2CCCN(Cc3cccc(Cl)c3)C2=O)c(NC(=O)c2ccccc2Cl)c1. The zero-order valence-electron chi connectivity index (χ0n) is 18.1. The quantitative estimate of drug-likeness (QED) is 0.461. The Hall–Kier alpha value is -3.22. The average Bonchev–Trinajstić information content (AvgIpc) is 2.81. The van der Waals surface area contributed by atoms with Crippen LogP contribution in [0.15, 0.2) is 66.7 Å². The van der Waals surface area contributed by atoms with Gasteiger partial charge >= 0.3 is 6.03 Å². The Morgan fingerprint density at radius 2 is 1.85 bits per heavy atom. The molecule has 3 amide bonds. The van der Waals surface area contributed by atoms with E-state index in [1.165, 1.54) is 0 Å². The number of rotatable bonds is 6. The third kappa shape index (κ3) is 5.24. The molecule has 0 unspecified atom stereocenters. The van der Waals surface area contributed by atoms with Crippen LogP contribution >= 0.6 is 23.2 Å². The molecule has 0 aliphatic carbocycles. The summed E-state index contributed by atoms with van der Waals surface area (Å²) in [4.78, 5) is 29.8. The highest BCUT2D eigenvalue weighted by Crippen LogP contribution is 2.33. The molecule has 1 aliphatic heterocycles. The molecule has 1 aliphatic rings. The summed E-state index contributed by atoms with van der Waals surface area (Å²) in [6.45, 7) is 1.62. The summed E-state index contributed by atoms with van der Waals surface area (Å²) in [7, 11) is 1.55. The molecule has 0 bridgehead atoms. The second-order valence-corrected chi connectivity index (χ2v) is 8.50. The van der Waals surface area contributed by atoms with E-state index in [1.807, 2.05) is 18.2 Å². The fraction of sp³-hybridized carbons (Fsp3) is 0.200. The third-order valence-corrected chi connectivity index (χ3v) is 6.00. The van der Waals surface area contributed by atoms with E-state index in [4.69, 9.17) is 27.9 Å². The van der Waals surface area contributed by atoms with Gasteiger partial charge in [-0.3, -0.25) is 9.69 Å². The predicted octanol–water partition coefficient (Wildman–Crippen LogP) is 6.09. The van der Waals surface area contributed by atoms with Gasteiger partial charge in [0.15, 0.2) is 0 Å². The number of nitrogens with zero attached hydrogens (tertiary/aromatic N) is 2. The van der Waals surface area contributed by atoms with Gasteiger partial charge in [0, 0.05) is 30.7 Å². The van der Waals surface area contributed by atoms with Gasteiger partial charge in [-0.15, -0.1) is 0 Å². The van der Waals surface area contributed by atoms with Gasteiger partial charge < -0.3 is 15.0 Å². The Morgan fingerprint density at radius 1 is 1.03 bits per heavy atom. The van der Waals surface area contributed by atoms with Gasteiger partial charge in [-0.1, -0.05) is 47.5 Å². The first kappa shape index (κ1) is 23.0.